The molecule has 1 amide bonds. The molecule has 1 aromatic carbocycles. The van der Waals surface area contributed by atoms with Crippen molar-refractivity contribution in [2.75, 3.05) is 18.6 Å². The maximum atomic E-state index is 12.4. The Labute approximate surface area is 133 Å². The first-order chi connectivity index (χ1) is 10.5. The second-order valence-electron chi connectivity index (χ2n) is 6.82. The van der Waals surface area contributed by atoms with Crippen LogP contribution < -0.4 is 10.2 Å². The molecule has 0 saturated heterocycles. The summed E-state index contributed by atoms with van der Waals surface area (Å²) < 4.78 is 0. The standard InChI is InChI=1S/C18H28N2O2/c1-14(19-16-10-7-11-18(16,2)13-21)12-17(22)20(3)15-8-5-4-6-9-15/h4-6,8-9,14,16,19,21H,7,10-13H2,1-3H3. The number of nitrogens with zero attached hydrogens (tertiary/aromatic N) is 1. The Hall–Kier alpha value is -1.39. The van der Waals surface area contributed by atoms with Gasteiger partial charge in [0, 0.05) is 43.3 Å². The molecule has 1 aliphatic carbocycles. The van der Waals surface area contributed by atoms with Gasteiger partial charge in [0.05, 0.1) is 0 Å². The van der Waals surface area contributed by atoms with Crippen LogP contribution >= 0.6 is 0 Å². The van der Waals surface area contributed by atoms with Crippen molar-refractivity contribution in [1.29, 1.82) is 0 Å². The maximum Gasteiger partial charge on any atom is 0.228 e. The zero-order chi connectivity index (χ0) is 16.2. The summed E-state index contributed by atoms with van der Waals surface area (Å²) in [6, 6.07) is 10.1. The van der Waals surface area contributed by atoms with Crippen LogP contribution in [0.15, 0.2) is 30.3 Å². The number of amides is 1. The van der Waals surface area contributed by atoms with Crippen molar-refractivity contribution in [2.45, 2.75) is 51.6 Å². The lowest BCUT2D eigenvalue weighted by Crippen LogP contribution is -2.47. The number of aliphatic hydroxyl groups is 1. The largest absolute Gasteiger partial charge is 0.396 e. The molecular weight excluding hydrogens is 276 g/mol. The minimum Gasteiger partial charge on any atom is -0.396 e. The van der Waals surface area contributed by atoms with Crippen LogP contribution in [0.5, 0.6) is 0 Å². The molecule has 0 heterocycles. The summed E-state index contributed by atoms with van der Waals surface area (Å²) in [6.45, 7) is 4.38. The fourth-order valence-electron chi connectivity index (χ4n) is 3.30. The van der Waals surface area contributed by atoms with Crippen LogP contribution in [0.3, 0.4) is 0 Å². The average Bonchev–Trinajstić information content (AvgIpc) is 2.88. The Morgan fingerprint density at radius 2 is 2.14 bits per heavy atom. The van der Waals surface area contributed by atoms with Crippen molar-refractivity contribution in [2.24, 2.45) is 5.41 Å². The number of hydrogen-bond acceptors (Lipinski definition) is 3. The van der Waals surface area contributed by atoms with Crippen LogP contribution in [-0.2, 0) is 4.79 Å². The molecule has 0 bridgehead atoms. The Balaban J connectivity index is 1.89. The normalized spacial score (nSPS) is 25.9. The molecule has 2 N–H and O–H groups in total. The third kappa shape index (κ3) is 3.87. The lowest BCUT2D eigenvalue weighted by atomic mass is 9.85. The van der Waals surface area contributed by atoms with Gasteiger partial charge in [0.2, 0.25) is 5.91 Å². The number of benzene rings is 1. The van der Waals surface area contributed by atoms with E-state index in [0.717, 1.165) is 24.9 Å². The summed E-state index contributed by atoms with van der Waals surface area (Å²) in [4.78, 5) is 14.1. The van der Waals surface area contributed by atoms with Crippen molar-refractivity contribution < 1.29 is 9.90 Å². The Bertz CT molecular complexity index is 491. The van der Waals surface area contributed by atoms with Gasteiger partial charge in [-0.1, -0.05) is 31.5 Å². The lowest BCUT2D eigenvalue weighted by Gasteiger charge is -2.33. The van der Waals surface area contributed by atoms with Gasteiger partial charge in [-0.05, 0) is 31.9 Å². The Morgan fingerprint density at radius 3 is 2.77 bits per heavy atom. The van der Waals surface area contributed by atoms with Crippen molar-refractivity contribution in [3.05, 3.63) is 30.3 Å². The van der Waals surface area contributed by atoms with Gasteiger partial charge in [-0.25, -0.2) is 0 Å². The maximum absolute atomic E-state index is 12.4. The third-order valence-electron chi connectivity index (χ3n) is 4.93. The summed E-state index contributed by atoms with van der Waals surface area (Å²) in [7, 11) is 1.82. The first kappa shape index (κ1) is 17.0. The molecule has 122 valence electrons. The molecule has 1 fully saturated rings. The first-order valence-electron chi connectivity index (χ1n) is 8.15. The molecule has 3 atom stereocenters. The summed E-state index contributed by atoms with van der Waals surface area (Å²) >= 11 is 0. The van der Waals surface area contributed by atoms with Gasteiger partial charge < -0.3 is 15.3 Å². The third-order valence-corrected chi connectivity index (χ3v) is 4.93. The van der Waals surface area contributed by atoms with Crippen LogP contribution in [-0.4, -0.2) is 36.8 Å². The predicted molar refractivity (Wildman–Crippen MR) is 89.9 cm³/mol. The molecule has 4 nitrogen and oxygen atoms in total. The quantitative estimate of drug-likeness (QED) is 0.849. The van der Waals surface area contributed by atoms with E-state index in [1.54, 1.807) is 4.90 Å². The second kappa shape index (κ2) is 7.25. The van der Waals surface area contributed by atoms with Crippen molar-refractivity contribution >= 4 is 11.6 Å². The number of carbonyl (C=O) groups excluding carboxylic acids is 1. The zero-order valence-corrected chi connectivity index (χ0v) is 13.9. The van der Waals surface area contributed by atoms with E-state index in [0.29, 0.717) is 12.5 Å². The molecule has 1 aromatic rings. The van der Waals surface area contributed by atoms with E-state index in [4.69, 9.17) is 0 Å². The SMILES string of the molecule is CC(CC(=O)N(C)c1ccccc1)NC1CCCC1(C)CO. The number of anilines is 1. The van der Waals surface area contributed by atoms with Crippen LogP contribution in [0.25, 0.3) is 0 Å². The van der Waals surface area contributed by atoms with Gasteiger partial charge in [0.15, 0.2) is 0 Å². The number of hydrogen-bond donors (Lipinski definition) is 2. The number of carbonyl (C=O) groups is 1. The van der Waals surface area contributed by atoms with Gasteiger partial charge in [0.1, 0.15) is 0 Å². The van der Waals surface area contributed by atoms with Crippen LogP contribution in [0, 0.1) is 5.41 Å². The highest BCUT2D eigenvalue weighted by Gasteiger charge is 2.38. The van der Waals surface area contributed by atoms with E-state index >= 15 is 0 Å². The Kier molecular flexibility index (Phi) is 5.59. The highest BCUT2D eigenvalue weighted by molar-refractivity contribution is 5.93. The van der Waals surface area contributed by atoms with Gasteiger partial charge in [-0.2, -0.15) is 0 Å². The van der Waals surface area contributed by atoms with Crippen molar-refractivity contribution in [3.8, 4) is 0 Å². The minimum atomic E-state index is -0.0529. The molecule has 3 unspecified atom stereocenters. The number of rotatable bonds is 6. The molecule has 0 aliphatic heterocycles. The summed E-state index contributed by atoms with van der Waals surface area (Å²) in [5, 5.41) is 13.2. The van der Waals surface area contributed by atoms with Crippen molar-refractivity contribution in [3.63, 3.8) is 0 Å². The van der Waals surface area contributed by atoms with Crippen LogP contribution in [0.1, 0.15) is 39.5 Å². The first-order valence-corrected chi connectivity index (χ1v) is 8.15. The zero-order valence-electron chi connectivity index (χ0n) is 13.9. The van der Waals surface area contributed by atoms with E-state index in [2.05, 4.69) is 12.2 Å². The van der Waals surface area contributed by atoms with E-state index in [1.807, 2.05) is 44.3 Å². The van der Waals surface area contributed by atoms with Crippen molar-refractivity contribution in [1.82, 2.24) is 5.32 Å². The number of para-hydroxylation sites is 1. The lowest BCUT2D eigenvalue weighted by molar-refractivity contribution is -0.118. The molecule has 1 aliphatic rings. The fourth-order valence-corrected chi connectivity index (χ4v) is 3.30. The minimum absolute atomic E-state index is 0.0529. The Morgan fingerprint density at radius 1 is 1.45 bits per heavy atom. The topological polar surface area (TPSA) is 52.6 Å². The van der Waals surface area contributed by atoms with Crippen LogP contribution in [0.2, 0.25) is 0 Å². The van der Waals surface area contributed by atoms with Gasteiger partial charge >= 0.3 is 0 Å². The predicted octanol–water partition coefficient (Wildman–Crippen LogP) is 2.57. The average molecular weight is 304 g/mol. The molecule has 4 heteroatoms. The van der Waals surface area contributed by atoms with Gasteiger partial charge in [-0.15, -0.1) is 0 Å². The van der Waals surface area contributed by atoms with Crippen LogP contribution in [0.4, 0.5) is 5.69 Å². The number of aliphatic hydroxyl groups excluding tert-OH is 1. The molecule has 22 heavy (non-hydrogen) atoms. The smallest absolute Gasteiger partial charge is 0.228 e. The molecule has 0 spiro atoms. The molecule has 2 rings (SSSR count). The summed E-state index contributed by atoms with van der Waals surface area (Å²) in [6.07, 6.45) is 3.72. The van der Waals surface area contributed by atoms with E-state index in [9.17, 15) is 9.90 Å². The van der Waals surface area contributed by atoms with E-state index in [1.165, 1.54) is 0 Å². The number of nitrogens with one attached hydrogen (secondary N) is 1. The highest BCUT2D eigenvalue weighted by Crippen LogP contribution is 2.37. The summed E-state index contributed by atoms with van der Waals surface area (Å²) in [5.74, 6) is 0.106. The molecule has 0 radical (unpaired) electrons. The van der Waals surface area contributed by atoms with E-state index in [-0.39, 0.29) is 24.0 Å². The summed E-state index contributed by atoms with van der Waals surface area (Å²) in [5.41, 5.74) is 0.864. The molecular formula is C18H28N2O2. The highest BCUT2D eigenvalue weighted by atomic mass is 16.3. The second-order valence-corrected chi connectivity index (χ2v) is 6.82. The van der Waals surface area contributed by atoms with Gasteiger partial charge in [0.25, 0.3) is 0 Å². The van der Waals surface area contributed by atoms with E-state index < -0.39 is 0 Å². The fraction of sp³-hybridized carbons (Fsp3) is 0.611. The molecule has 0 aromatic heterocycles. The van der Waals surface area contributed by atoms with Gasteiger partial charge in [-0.3, -0.25) is 4.79 Å². The monoisotopic (exact) mass is 304 g/mol. The molecule has 1 saturated carbocycles.